The van der Waals surface area contributed by atoms with E-state index in [2.05, 4.69) is 15.1 Å². The van der Waals surface area contributed by atoms with Gasteiger partial charge in [-0.05, 0) is 30.5 Å². The molecule has 0 spiro atoms. The summed E-state index contributed by atoms with van der Waals surface area (Å²) in [5.41, 5.74) is 0.443. The molecule has 0 amide bonds. The first-order valence-corrected chi connectivity index (χ1v) is 6.49. The summed E-state index contributed by atoms with van der Waals surface area (Å²) in [6.07, 6.45) is 7.90. The molecule has 102 valence electrons. The van der Waals surface area contributed by atoms with Gasteiger partial charge in [0.15, 0.2) is 0 Å². The molecule has 1 saturated carbocycles. The first-order chi connectivity index (χ1) is 9.75. The fourth-order valence-corrected chi connectivity index (χ4v) is 2.83. The Hall–Kier alpha value is -2.33. The molecule has 1 fully saturated rings. The van der Waals surface area contributed by atoms with E-state index in [4.69, 9.17) is 0 Å². The minimum Gasteiger partial charge on any atom is -0.223 e. The summed E-state index contributed by atoms with van der Waals surface area (Å²) in [5, 5.41) is 3.91. The molecule has 0 N–H and O–H groups in total. The van der Waals surface area contributed by atoms with Gasteiger partial charge in [-0.2, -0.15) is 10.1 Å². The van der Waals surface area contributed by atoms with E-state index in [9.17, 15) is 9.18 Å². The summed E-state index contributed by atoms with van der Waals surface area (Å²) in [7, 11) is 0. The van der Waals surface area contributed by atoms with Crippen LogP contribution in [-0.2, 0) is 10.3 Å². The molecule has 5 nitrogen and oxygen atoms in total. The van der Waals surface area contributed by atoms with Crippen LogP contribution in [0.5, 0.6) is 0 Å². The maximum absolute atomic E-state index is 14.2. The highest BCUT2D eigenvalue weighted by Crippen LogP contribution is 2.42. The number of carbonyl (C=O) groups excluding carboxylic acids is 1. The fraction of sp³-hybridized carbons (Fsp3) is 0.357. The number of aliphatic imine (C=N–C) groups is 1. The zero-order valence-corrected chi connectivity index (χ0v) is 10.8. The Balaban J connectivity index is 2.04. The minimum atomic E-state index is -0.608. The summed E-state index contributed by atoms with van der Waals surface area (Å²) < 4.78 is 15.6. The van der Waals surface area contributed by atoms with Crippen LogP contribution in [0.2, 0.25) is 0 Å². The summed E-state index contributed by atoms with van der Waals surface area (Å²) in [4.78, 5) is 18.4. The Morgan fingerprint density at radius 2 is 2.15 bits per heavy atom. The highest BCUT2D eigenvalue weighted by molar-refractivity contribution is 5.42. The summed E-state index contributed by atoms with van der Waals surface area (Å²) in [6.45, 7) is 0. The van der Waals surface area contributed by atoms with Crippen LogP contribution >= 0.6 is 0 Å². The zero-order valence-electron chi connectivity index (χ0n) is 10.8. The average molecular weight is 272 g/mol. The van der Waals surface area contributed by atoms with Crippen LogP contribution in [-0.4, -0.2) is 20.8 Å². The predicted molar refractivity (Wildman–Crippen MR) is 69.6 cm³/mol. The number of hydrogen-bond acceptors (Lipinski definition) is 4. The van der Waals surface area contributed by atoms with Crippen molar-refractivity contribution in [2.45, 2.75) is 31.2 Å². The number of rotatable bonds is 3. The number of isocyanates is 1. The van der Waals surface area contributed by atoms with Crippen molar-refractivity contribution in [1.29, 1.82) is 0 Å². The zero-order chi connectivity index (χ0) is 14.0. The Labute approximate surface area is 115 Å². The van der Waals surface area contributed by atoms with Crippen LogP contribution < -0.4 is 0 Å². The lowest BCUT2D eigenvalue weighted by Crippen LogP contribution is -2.19. The molecule has 0 atom stereocenters. The van der Waals surface area contributed by atoms with Crippen molar-refractivity contribution in [1.82, 2.24) is 14.8 Å². The van der Waals surface area contributed by atoms with Gasteiger partial charge in [-0.25, -0.2) is 18.9 Å². The van der Waals surface area contributed by atoms with Crippen molar-refractivity contribution < 1.29 is 9.18 Å². The van der Waals surface area contributed by atoms with Crippen LogP contribution in [0.1, 0.15) is 31.2 Å². The lowest BCUT2D eigenvalue weighted by atomic mass is 9.89. The molecule has 0 aliphatic heterocycles. The van der Waals surface area contributed by atoms with E-state index in [1.165, 1.54) is 23.4 Å². The van der Waals surface area contributed by atoms with Gasteiger partial charge >= 0.3 is 0 Å². The highest BCUT2D eigenvalue weighted by atomic mass is 19.1. The van der Waals surface area contributed by atoms with Crippen molar-refractivity contribution in [2.24, 2.45) is 4.99 Å². The van der Waals surface area contributed by atoms with E-state index < -0.39 is 11.4 Å². The Morgan fingerprint density at radius 1 is 1.35 bits per heavy atom. The molecule has 0 radical (unpaired) electrons. The third-order valence-electron chi connectivity index (χ3n) is 3.84. The maximum Gasteiger partial charge on any atom is 0.235 e. The summed E-state index contributed by atoms with van der Waals surface area (Å²) in [6, 6.07) is 4.87. The van der Waals surface area contributed by atoms with Crippen molar-refractivity contribution in [2.75, 3.05) is 0 Å². The second kappa shape index (κ2) is 4.98. The van der Waals surface area contributed by atoms with E-state index in [0.29, 0.717) is 5.69 Å². The van der Waals surface area contributed by atoms with Gasteiger partial charge in [0, 0.05) is 0 Å². The molecule has 0 bridgehead atoms. The van der Waals surface area contributed by atoms with Crippen LogP contribution in [0.4, 0.5) is 4.39 Å². The average Bonchev–Trinajstić information content (AvgIpc) is 3.10. The van der Waals surface area contributed by atoms with Gasteiger partial charge in [-0.15, -0.1) is 0 Å². The molecule has 0 unspecified atom stereocenters. The van der Waals surface area contributed by atoms with Gasteiger partial charge < -0.3 is 0 Å². The highest BCUT2D eigenvalue weighted by Gasteiger charge is 2.36. The van der Waals surface area contributed by atoms with Crippen LogP contribution in [0.15, 0.2) is 35.8 Å². The van der Waals surface area contributed by atoms with Gasteiger partial charge in [-0.1, -0.05) is 18.9 Å². The smallest absolute Gasteiger partial charge is 0.223 e. The molecule has 3 rings (SSSR count). The topological polar surface area (TPSA) is 60.1 Å². The van der Waals surface area contributed by atoms with Crippen LogP contribution in [0.25, 0.3) is 5.69 Å². The van der Waals surface area contributed by atoms with Crippen LogP contribution in [0.3, 0.4) is 0 Å². The molecule has 1 aliphatic carbocycles. The Morgan fingerprint density at radius 3 is 2.75 bits per heavy atom. The largest absolute Gasteiger partial charge is 0.235 e. The first-order valence-electron chi connectivity index (χ1n) is 6.49. The normalized spacial score (nSPS) is 16.9. The summed E-state index contributed by atoms with van der Waals surface area (Å²) >= 11 is 0. The third-order valence-corrected chi connectivity index (χ3v) is 3.84. The second-order valence-electron chi connectivity index (χ2n) is 4.95. The van der Waals surface area contributed by atoms with Crippen molar-refractivity contribution in [3.05, 3.63) is 42.2 Å². The van der Waals surface area contributed by atoms with Gasteiger partial charge in [0.2, 0.25) is 6.08 Å². The van der Waals surface area contributed by atoms with E-state index >= 15 is 0 Å². The number of hydrogen-bond donors (Lipinski definition) is 0. The molecule has 20 heavy (non-hydrogen) atoms. The molecule has 1 heterocycles. The Bertz CT molecular complexity index is 656. The predicted octanol–water partition coefficient (Wildman–Crippen LogP) is 2.51. The molecule has 1 aromatic carbocycles. The van der Waals surface area contributed by atoms with Crippen molar-refractivity contribution >= 4 is 6.08 Å². The van der Waals surface area contributed by atoms with Gasteiger partial charge in [0.1, 0.15) is 24.2 Å². The van der Waals surface area contributed by atoms with Crippen LogP contribution in [0, 0.1) is 5.82 Å². The quantitative estimate of drug-likeness (QED) is 0.637. The molecule has 0 saturated heterocycles. The SMILES string of the molecule is O=C=NC1(c2ccc(-n3cncn3)c(F)c2)CCCC1. The number of halogens is 1. The molecular weight excluding hydrogens is 259 g/mol. The monoisotopic (exact) mass is 272 g/mol. The maximum atomic E-state index is 14.2. The molecule has 1 aliphatic rings. The molecular formula is C14H13FN4O. The second-order valence-corrected chi connectivity index (χ2v) is 4.95. The van der Waals surface area contributed by atoms with E-state index in [1.54, 1.807) is 18.2 Å². The van der Waals surface area contributed by atoms with E-state index in [1.807, 2.05) is 0 Å². The van der Waals surface area contributed by atoms with E-state index in [0.717, 1.165) is 31.2 Å². The lowest BCUT2D eigenvalue weighted by Gasteiger charge is -2.23. The summed E-state index contributed by atoms with van der Waals surface area (Å²) in [5.74, 6) is -0.402. The minimum absolute atomic E-state index is 0.328. The third kappa shape index (κ3) is 2.04. The van der Waals surface area contributed by atoms with Crippen molar-refractivity contribution in [3.8, 4) is 5.69 Å². The fourth-order valence-electron chi connectivity index (χ4n) is 2.83. The number of aromatic nitrogens is 3. The molecule has 1 aromatic heterocycles. The number of nitrogens with zero attached hydrogens (tertiary/aromatic N) is 4. The van der Waals surface area contributed by atoms with Gasteiger partial charge in [0.05, 0.1) is 5.54 Å². The molecule has 2 aromatic rings. The molecule has 6 heteroatoms. The van der Waals surface area contributed by atoms with E-state index in [-0.39, 0.29) is 0 Å². The first kappa shape index (κ1) is 12.7. The Kier molecular flexibility index (Phi) is 3.16. The lowest BCUT2D eigenvalue weighted by molar-refractivity contribution is 0.452. The number of benzene rings is 1. The van der Waals surface area contributed by atoms with Gasteiger partial charge in [-0.3, -0.25) is 0 Å². The van der Waals surface area contributed by atoms with Crippen molar-refractivity contribution in [3.63, 3.8) is 0 Å². The standard InChI is InChI=1S/C14H13FN4O/c15-12-7-11(14(17-10-20)5-1-2-6-14)3-4-13(12)19-9-16-8-18-19/h3-4,7-9H,1-2,5-6H2. The van der Waals surface area contributed by atoms with Gasteiger partial charge in [0.25, 0.3) is 0 Å².